The number of pyridine rings is 1. The van der Waals surface area contributed by atoms with E-state index in [9.17, 15) is 9.59 Å². The third-order valence-corrected chi connectivity index (χ3v) is 8.95. The number of aromatic nitrogens is 1. The maximum atomic E-state index is 15.5. The summed E-state index contributed by atoms with van der Waals surface area (Å²) >= 11 is 1.25. The quantitative estimate of drug-likeness (QED) is 0.479. The Hall–Kier alpha value is -3.60. The molecule has 1 aromatic carbocycles. The number of likely N-dealkylation sites (tertiary alicyclic amines) is 1. The first-order valence-corrected chi connectivity index (χ1v) is 14.4. The van der Waals surface area contributed by atoms with E-state index >= 15 is 4.39 Å². The summed E-state index contributed by atoms with van der Waals surface area (Å²) in [6, 6.07) is 6.87. The summed E-state index contributed by atoms with van der Waals surface area (Å²) in [7, 11) is 0. The third-order valence-electron chi connectivity index (χ3n) is 7.84. The molecule has 2 unspecified atom stereocenters. The Labute approximate surface area is 236 Å². The van der Waals surface area contributed by atoms with Gasteiger partial charge in [0.1, 0.15) is 33.5 Å². The number of nitrogens with two attached hydrogens (primary N) is 1. The third kappa shape index (κ3) is 4.91. The molecule has 0 spiro atoms. The molecule has 9 nitrogen and oxygen atoms in total. The standard InChI is InChI=1S/C29H34FN5O4S/c1-15-5-6-19-24(31)25(40-27(19)32-15)26(36)33-17-9-20-21(30)10-18(11-23(20)38-14-17)35-8-7-16-12-34(13-22(16)35)28(37)39-29(2,3)4/h5-6,10-11,16-17,22H,7-9,12-14,31H2,1-4H3,(H,33,36)/t16?,17-,22?/m1/s1. The van der Waals surface area contributed by atoms with Crippen molar-refractivity contribution in [1.82, 2.24) is 15.2 Å². The number of aryl methyl sites for hydroxylation is 1. The summed E-state index contributed by atoms with van der Waals surface area (Å²) in [5, 5.41) is 3.72. The first kappa shape index (κ1) is 26.6. The lowest BCUT2D eigenvalue weighted by molar-refractivity contribution is 0.0284. The highest BCUT2D eigenvalue weighted by Crippen LogP contribution is 2.40. The van der Waals surface area contributed by atoms with Crippen molar-refractivity contribution in [3.8, 4) is 5.75 Å². The van der Waals surface area contributed by atoms with Crippen molar-refractivity contribution in [1.29, 1.82) is 0 Å². The van der Waals surface area contributed by atoms with Gasteiger partial charge in [-0.05, 0) is 52.3 Å². The van der Waals surface area contributed by atoms with Crippen LogP contribution in [0.25, 0.3) is 10.2 Å². The van der Waals surface area contributed by atoms with Crippen LogP contribution in [0.2, 0.25) is 0 Å². The number of fused-ring (bicyclic) bond motifs is 3. The van der Waals surface area contributed by atoms with E-state index < -0.39 is 11.6 Å². The van der Waals surface area contributed by atoms with Crippen LogP contribution in [0.3, 0.4) is 0 Å². The molecule has 40 heavy (non-hydrogen) atoms. The van der Waals surface area contributed by atoms with Gasteiger partial charge in [0.2, 0.25) is 0 Å². The Kier molecular flexibility index (Phi) is 6.52. The summed E-state index contributed by atoms with van der Waals surface area (Å²) in [6.07, 6.45) is 0.931. The topological polar surface area (TPSA) is 110 Å². The van der Waals surface area contributed by atoms with Crippen molar-refractivity contribution in [2.75, 3.05) is 36.9 Å². The van der Waals surface area contributed by atoms with E-state index in [-0.39, 0.29) is 30.5 Å². The van der Waals surface area contributed by atoms with Gasteiger partial charge >= 0.3 is 6.09 Å². The number of nitrogens with zero attached hydrogens (tertiary/aromatic N) is 3. The largest absolute Gasteiger partial charge is 0.491 e. The molecule has 3 aromatic rings. The number of benzene rings is 1. The van der Waals surface area contributed by atoms with Crippen LogP contribution in [-0.4, -0.2) is 65.8 Å². The van der Waals surface area contributed by atoms with Crippen LogP contribution < -0.4 is 20.7 Å². The molecule has 3 aliphatic heterocycles. The lowest BCUT2D eigenvalue weighted by Gasteiger charge is -2.31. The molecule has 3 aliphatic rings. The van der Waals surface area contributed by atoms with Crippen LogP contribution in [0, 0.1) is 18.7 Å². The van der Waals surface area contributed by atoms with E-state index in [1.54, 1.807) is 11.0 Å². The number of carbonyl (C=O) groups excluding carboxylic acids is 2. The molecule has 2 amide bonds. The lowest BCUT2D eigenvalue weighted by atomic mass is 10.0. The van der Waals surface area contributed by atoms with Crippen molar-refractivity contribution in [3.63, 3.8) is 0 Å². The molecule has 6 rings (SSSR count). The van der Waals surface area contributed by atoms with Crippen molar-refractivity contribution in [3.05, 3.63) is 46.2 Å². The predicted molar refractivity (Wildman–Crippen MR) is 153 cm³/mol. The predicted octanol–water partition coefficient (Wildman–Crippen LogP) is 4.51. The number of nitrogen functional groups attached to an aromatic ring is 1. The molecular formula is C29H34FN5O4S. The highest BCUT2D eigenvalue weighted by Gasteiger charge is 2.44. The summed E-state index contributed by atoms with van der Waals surface area (Å²) in [5.41, 5.74) is 8.14. The molecule has 0 aliphatic carbocycles. The number of ether oxygens (including phenoxy) is 2. The van der Waals surface area contributed by atoms with Crippen molar-refractivity contribution in [2.45, 2.75) is 58.2 Å². The molecule has 2 saturated heterocycles. The van der Waals surface area contributed by atoms with Gasteiger partial charge in [-0.25, -0.2) is 14.2 Å². The monoisotopic (exact) mass is 567 g/mol. The Balaban J connectivity index is 1.14. The number of halogens is 1. The maximum absolute atomic E-state index is 15.5. The molecule has 3 atom stereocenters. The van der Waals surface area contributed by atoms with Crippen molar-refractivity contribution >= 4 is 44.9 Å². The summed E-state index contributed by atoms with van der Waals surface area (Å²) < 4.78 is 27.0. The zero-order valence-electron chi connectivity index (χ0n) is 23.1. The van der Waals surface area contributed by atoms with E-state index in [2.05, 4.69) is 15.2 Å². The Bertz CT molecular complexity index is 1500. The molecule has 2 fully saturated rings. The summed E-state index contributed by atoms with van der Waals surface area (Å²) in [6.45, 7) is 9.67. The highest BCUT2D eigenvalue weighted by atomic mass is 32.1. The number of thiophene rings is 1. The number of anilines is 2. The maximum Gasteiger partial charge on any atom is 0.410 e. The van der Waals surface area contributed by atoms with Crippen molar-refractivity contribution < 1.29 is 23.5 Å². The second-order valence-corrected chi connectivity index (χ2v) is 12.9. The van der Waals surface area contributed by atoms with Gasteiger partial charge in [-0.2, -0.15) is 0 Å². The molecule has 0 saturated carbocycles. The van der Waals surface area contributed by atoms with Gasteiger partial charge in [-0.3, -0.25) is 4.79 Å². The Morgan fingerprint density at radius 3 is 2.83 bits per heavy atom. The van der Waals surface area contributed by atoms with E-state index in [4.69, 9.17) is 15.2 Å². The first-order chi connectivity index (χ1) is 19.0. The van der Waals surface area contributed by atoms with E-state index in [1.165, 1.54) is 11.3 Å². The average molecular weight is 568 g/mol. The average Bonchev–Trinajstić information content (AvgIpc) is 3.56. The van der Waals surface area contributed by atoms with Crippen LogP contribution in [-0.2, 0) is 11.2 Å². The molecule has 5 heterocycles. The van der Waals surface area contributed by atoms with Crippen LogP contribution in [0.1, 0.15) is 48.1 Å². The molecule has 11 heteroatoms. The molecule has 212 valence electrons. The highest BCUT2D eigenvalue weighted by molar-refractivity contribution is 7.21. The minimum atomic E-state index is -0.550. The number of nitrogens with one attached hydrogen (secondary N) is 1. The number of hydrogen-bond acceptors (Lipinski definition) is 8. The van der Waals surface area contributed by atoms with Gasteiger partial charge in [0.05, 0.1) is 17.8 Å². The summed E-state index contributed by atoms with van der Waals surface area (Å²) in [5.74, 6) is 0.128. The fourth-order valence-corrected chi connectivity index (χ4v) is 6.99. The molecule has 0 bridgehead atoms. The zero-order chi connectivity index (χ0) is 28.3. The number of rotatable bonds is 3. The van der Waals surface area contributed by atoms with E-state index in [0.717, 1.165) is 29.7 Å². The van der Waals surface area contributed by atoms with Crippen LogP contribution in [0.15, 0.2) is 24.3 Å². The molecular weight excluding hydrogens is 533 g/mol. The lowest BCUT2D eigenvalue weighted by Crippen LogP contribution is -2.43. The van der Waals surface area contributed by atoms with Crippen LogP contribution >= 0.6 is 11.3 Å². The number of hydrogen-bond donors (Lipinski definition) is 2. The van der Waals surface area contributed by atoms with Gasteiger partial charge in [0.15, 0.2) is 0 Å². The number of amides is 2. The minimum absolute atomic E-state index is 0.102. The fraction of sp³-hybridized carbons (Fsp3) is 0.483. The minimum Gasteiger partial charge on any atom is -0.491 e. The van der Waals surface area contributed by atoms with Crippen molar-refractivity contribution in [2.24, 2.45) is 5.92 Å². The molecule has 0 radical (unpaired) electrons. The van der Waals surface area contributed by atoms with Gasteiger partial charge in [-0.15, -0.1) is 11.3 Å². The van der Waals surface area contributed by atoms with Gasteiger partial charge in [0.25, 0.3) is 5.91 Å². The molecule has 3 N–H and O–H groups in total. The second-order valence-electron chi connectivity index (χ2n) is 11.9. The number of carbonyl (C=O) groups is 2. The van der Waals surface area contributed by atoms with Crippen LogP contribution in [0.5, 0.6) is 5.75 Å². The SMILES string of the molecule is Cc1ccc2c(N)c(C(=O)N[C@H]3COc4cc(N5CCC6CN(C(=O)OC(C)(C)C)CC65)cc(F)c4C3)sc2n1. The smallest absolute Gasteiger partial charge is 0.410 e. The Morgan fingerprint density at radius 2 is 2.05 bits per heavy atom. The van der Waals surface area contributed by atoms with E-state index in [0.29, 0.717) is 52.1 Å². The zero-order valence-corrected chi connectivity index (χ0v) is 23.9. The summed E-state index contributed by atoms with van der Waals surface area (Å²) in [4.78, 5) is 35.2. The van der Waals surface area contributed by atoms with E-state index in [1.807, 2.05) is 45.9 Å². The Morgan fingerprint density at radius 1 is 1.25 bits per heavy atom. The normalized spacial score (nSPS) is 22.2. The first-order valence-electron chi connectivity index (χ1n) is 13.6. The molecule has 2 aromatic heterocycles. The van der Waals surface area contributed by atoms with Gasteiger partial charge < -0.3 is 30.3 Å². The fourth-order valence-electron chi connectivity index (χ4n) is 5.95. The second kappa shape index (κ2) is 9.79. The van der Waals surface area contributed by atoms with Gasteiger partial charge in [-0.1, -0.05) is 0 Å². The van der Waals surface area contributed by atoms with Crippen LogP contribution in [0.4, 0.5) is 20.6 Å². The van der Waals surface area contributed by atoms with Gasteiger partial charge in [0, 0.05) is 60.4 Å².